The Morgan fingerprint density at radius 2 is 1.77 bits per heavy atom. The van der Waals surface area contributed by atoms with Gasteiger partial charge < -0.3 is 10.0 Å². The van der Waals surface area contributed by atoms with Crippen molar-refractivity contribution >= 4 is 21.9 Å². The van der Waals surface area contributed by atoms with Crippen LogP contribution in [0.4, 0.5) is 0 Å². The lowest BCUT2D eigenvalue weighted by Crippen LogP contribution is -2.29. The van der Waals surface area contributed by atoms with E-state index in [1.807, 2.05) is 0 Å². The van der Waals surface area contributed by atoms with Crippen LogP contribution in [0.3, 0.4) is 0 Å². The van der Waals surface area contributed by atoms with Crippen LogP contribution in [0.2, 0.25) is 0 Å². The molecule has 22 heavy (non-hydrogen) atoms. The van der Waals surface area contributed by atoms with E-state index in [0.717, 1.165) is 5.56 Å². The number of carbonyl (C=O) groups is 2. The minimum absolute atomic E-state index is 0.0845. The number of nitrogens with zero attached hydrogens (tertiary/aromatic N) is 1. The Bertz CT molecular complexity index is 625. The van der Waals surface area contributed by atoms with E-state index in [1.165, 1.54) is 24.1 Å². The average molecular weight is 328 g/mol. The molecule has 0 unspecified atom stereocenters. The fourth-order valence-corrected chi connectivity index (χ4v) is 2.51. The Kier molecular flexibility index (Phi) is 6.51. The first-order valence-electron chi connectivity index (χ1n) is 6.74. The number of carbonyl (C=O) groups excluding carboxylic acids is 1. The molecule has 0 saturated carbocycles. The molecule has 122 valence electrons. The smallest absolute Gasteiger partial charge is 0.305 e. The molecule has 1 aromatic carbocycles. The number of nitrogens with one attached hydrogen (secondary N) is 1. The van der Waals surface area contributed by atoms with Crippen molar-refractivity contribution in [3.63, 3.8) is 0 Å². The minimum atomic E-state index is -3.46. The van der Waals surface area contributed by atoms with Gasteiger partial charge in [-0.05, 0) is 31.2 Å². The third-order valence-electron chi connectivity index (χ3n) is 3.22. The summed E-state index contributed by atoms with van der Waals surface area (Å²) in [7, 11) is -0.550. The van der Waals surface area contributed by atoms with Gasteiger partial charge in [0, 0.05) is 20.0 Å². The average Bonchev–Trinajstić information content (AvgIpc) is 2.50. The summed E-state index contributed by atoms with van der Waals surface area (Å²) in [5.74, 6) is -1.09. The predicted molar refractivity (Wildman–Crippen MR) is 80.9 cm³/mol. The highest BCUT2D eigenvalue weighted by Gasteiger charge is 2.12. The fraction of sp³-hybridized carbons (Fsp3) is 0.429. The second-order valence-electron chi connectivity index (χ2n) is 4.81. The maximum atomic E-state index is 11.8. The van der Waals surface area contributed by atoms with Crippen LogP contribution in [0.1, 0.15) is 18.4 Å². The molecule has 1 amide bonds. The van der Waals surface area contributed by atoms with Gasteiger partial charge in [0.05, 0.1) is 11.3 Å². The molecule has 0 heterocycles. The zero-order valence-corrected chi connectivity index (χ0v) is 13.4. The van der Waals surface area contributed by atoms with E-state index in [9.17, 15) is 18.0 Å². The summed E-state index contributed by atoms with van der Waals surface area (Å²) in [5, 5.41) is 8.57. The molecule has 0 atom stereocenters. The van der Waals surface area contributed by atoms with E-state index < -0.39 is 16.0 Å². The number of aliphatic carboxylic acids is 1. The number of rotatable bonds is 8. The Balaban J connectivity index is 2.55. The lowest BCUT2D eigenvalue weighted by Gasteiger charge is -2.15. The summed E-state index contributed by atoms with van der Waals surface area (Å²) >= 11 is 0. The SMILES string of the molecule is CNS(=O)(=O)c1ccc(CCC(=O)N(C)CCC(=O)O)cc1. The number of amides is 1. The van der Waals surface area contributed by atoms with Crippen molar-refractivity contribution in [2.24, 2.45) is 0 Å². The Morgan fingerprint density at radius 3 is 2.27 bits per heavy atom. The molecule has 7 nitrogen and oxygen atoms in total. The van der Waals surface area contributed by atoms with Crippen molar-refractivity contribution in [1.82, 2.24) is 9.62 Å². The van der Waals surface area contributed by atoms with Crippen LogP contribution in [0.25, 0.3) is 0 Å². The van der Waals surface area contributed by atoms with E-state index in [0.29, 0.717) is 6.42 Å². The number of hydrogen-bond acceptors (Lipinski definition) is 4. The van der Waals surface area contributed by atoms with Crippen LogP contribution >= 0.6 is 0 Å². The quantitative estimate of drug-likeness (QED) is 0.721. The van der Waals surface area contributed by atoms with Crippen LogP contribution in [0, 0.1) is 0 Å². The van der Waals surface area contributed by atoms with E-state index >= 15 is 0 Å². The Labute approximate surface area is 130 Å². The van der Waals surface area contributed by atoms with Gasteiger partial charge in [0.15, 0.2) is 0 Å². The van der Waals surface area contributed by atoms with Crippen molar-refractivity contribution in [3.05, 3.63) is 29.8 Å². The summed E-state index contributed by atoms with van der Waals surface area (Å²) in [6, 6.07) is 6.29. The van der Waals surface area contributed by atoms with Crippen molar-refractivity contribution < 1.29 is 23.1 Å². The molecule has 0 aliphatic rings. The third kappa shape index (κ3) is 5.45. The van der Waals surface area contributed by atoms with Gasteiger partial charge in [0.25, 0.3) is 0 Å². The second-order valence-corrected chi connectivity index (χ2v) is 6.70. The number of carboxylic acids is 1. The molecule has 1 rings (SSSR count). The molecule has 0 aliphatic carbocycles. The maximum absolute atomic E-state index is 11.8. The third-order valence-corrected chi connectivity index (χ3v) is 4.65. The van der Waals surface area contributed by atoms with Gasteiger partial charge in [0.2, 0.25) is 15.9 Å². The molecule has 8 heteroatoms. The molecule has 0 bridgehead atoms. The zero-order chi connectivity index (χ0) is 16.8. The molecule has 0 fully saturated rings. The fourth-order valence-electron chi connectivity index (χ4n) is 1.78. The van der Waals surface area contributed by atoms with E-state index in [2.05, 4.69) is 4.72 Å². The summed E-state index contributed by atoms with van der Waals surface area (Å²) in [4.78, 5) is 23.8. The summed E-state index contributed by atoms with van der Waals surface area (Å²) in [5.41, 5.74) is 0.843. The van der Waals surface area contributed by atoms with Gasteiger partial charge in [0.1, 0.15) is 0 Å². The second kappa shape index (κ2) is 7.90. The van der Waals surface area contributed by atoms with E-state index in [1.54, 1.807) is 19.2 Å². The van der Waals surface area contributed by atoms with Gasteiger partial charge in [-0.2, -0.15) is 0 Å². The number of aryl methyl sites for hydroxylation is 1. The first kappa shape index (κ1) is 18.1. The number of benzene rings is 1. The lowest BCUT2D eigenvalue weighted by atomic mass is 10.1. The maximum Gasteiger partial charge on any atom is 0.305 e. The molecule has 0 spiro atoms. The standard InChI is InChI=1S/C14H20N2O5S/c1-15-22(20,21)12-6-3-11(4-7-12)5-8-13(17)16(2)10-9-14(18)19/h3-4,6-7,15H,5,8-10H2,1-2H3,(H,18,19). The molecule has 0 aliphatic heterocycles. The minimum Gasteiger partial charge on any atom is -0.481 e. The monoisotopic (exact) mass is 328 g/mol. The molecule has 0 radical (unpaired) electrons. The molecule has 0 aromatic heterocycles. The normalized spacial score (nSPS) is 11.2. The molecule has 0 saturated heterocycles. The Morgan fingerprint density at radius 1 is 1.18 bits per heavy atom. The molecule has 2 N–H and O–H groups in total. The van der Waals surface area contributed by atoms with E-state index in [-0.39, 0.29) is 30.2 Å². The van der Waals surface area contributed by atoms with Gasteiger partial charge in [-0.25, -0.2) is 13.1 Å². The first-order chi connectivity index (χ1) is 10.3. The lowest BCUT2D eigenvalue weighted by molar-refractivity contribution is -0.138. The van der Waals surface area contributed by atoms with Gasteiger partial charge >= 0.3 is 5.97 Å². The van der Waals surface area contributed by atoms with Crippen molar-refractivity contribution in [1.29, 1.82) is 0 Å². The van der Waals surface area contributed by atoms with Gasteiger partial charge in [-0.3, -0.25) is 9.59 Å². The van der Waals surface area contributed by atoms with Crippen LogP contribution < -0.4 is 4.72 Å². The number of hydrogen-bond donors (Lipinski definition) is 2. The van der Waals surface area contributed by atoms with Crippen LogP contribution in [-0.2, 0) is 26.0 Å². The van der Waals surface area contributed by atoms with Gasteiger partial charge in [-0.1, -0.05) is 12.1 Å². The van der Waals surface area contributed by atoms with Crippen LogP contribution in [-0.4, -0.2) is 50.9 Å². The molecular formula is C14H20N2O5S. The van der Waals surface area contributed by atoms with Crippen LogP contribution in [0.15, 0.2) is 29.2 Å². The highest BCUT2D eigenvalue weighted by atomic mass is 32.2. The predicted octanol–water partition coefficient (Wildman–Crippen LogP) is 0.460. The van der Waals surface area contributed by atoms with E-state index in [4.69, 9.17) is 5.11 Å². The van der Waals surface area contributed by atoms with Crippen LogP contribution in [0.5, 0.6) is 0 Å². The zero-order valence-electron chi connectivity index (χ0n) is 12.6. The van der Waals surface area contributed by atoms with Crippen molar-refractivity contribution in [3.8, 4) is 0 Å². The number of carboxylic acid groups (broad SMARTS) is 1. The van der Waals surface area contributed by atoms with Crippen molar-refractivity contribution in [2.45, 2.75) is 24.2 Å². The summed E-state index contributed by atoms with van der Waals surface area (Å²) in [6.45, 7) is 0.174. The number of sulfonamides is 1. The van der Waals surface area contributed by atoms with Crippen molar-refractivity contribution in [2.75, 3.05) is 20.6 Å². The molecular weight excluding hydrogens is 308 g/mol. The summed E-state index contributed by atoms with van der Waals surface area (Å²) < 4.78 is 25.4. The largest absolute Gasteiger partial charge is 0.481 e. The topological polar surface area (TPSA) is 104 Å². The highest BCUT2D eigenvalue weighted by molar-refractivity contribution is 7.89. The Hall–Kier alpha value is -1.93. The van der Waals surface area contributed by atoms with Gasteiger partial charge in [-0.15, -0.1) is 0 Å². The molecule has 1 aromatic rings. The first-order valence-corrected chi connectivity index (χ1v) is 8.23. The highest BCUT2D eigenvalue weighted by Crippen LogP contribution is 2.12. The summed E-state index contributed by atoms with van der Waals surface area (Å²) in [6.07, 6.45) is 0.628.